The van der Waals surface area contributed by atoms with Crippen molar-refractivity contribution in [2.45, 2.75) is 19.6 Å². The van der Waals surface area contributed by atoms with Gasteiger partial charge in [0.15, 0.2) is 0 Å². The third kappa shape index (κ3) is 5.74. The molecule has 1 aromatic rings. The largest absolute Gasteiger partial charge is 0.481 e. The molecule has 0 aliphatic carbocycles. The first-order chi connectivity index (χ1) is 10.5. The molecule has 23 heavy (non-hydrogen) atoms. The van der Waals surface area contributed by atoms with Gasteiger partial charge >= 0.3 is 18.2 Å². The van der Waals surface area contributed by atoms with E-state index >= 15 is 0 Å². The van der Waals surface area contributed by atoms with Crippen LogP contribution in [0.2, 0.25) is 0 Å². The highest BCUT2D eigenvalue weighted by atomic mass is 79.9. The number of aliphatic carboxylic acids is 1. The molecule has 0 aliphatic rings. The first-order valence-electron chi connectivity index (χ1n) is 6.59. The van der Waals surface area contributed by atoms with Crippen LogP contribution in [0.4, 0.5) is 18.0 Å². The summed E-state index contributed by atoms with van der Waals surface area (Å²) in [4.78, 5) is 23.7. The Balaban J connectivity index is 2.75. The SMILES string of the molecule is CC(CN(C)C(=O)NCc1ccc(Br)cc1C(F)(F)F)C(=O)O. The molecule has 0 bridgehead atoms. The molecule has 1 atom stereocenters. The van der Waals surface area contributed by atoms with Gasteiger partial charge in [0.2, 0.25) is 0 Å². The van der Waals surface area contributed by atoms with E-state index in [0.717, 1.165) is 11.0 Å². The van der Waals surface area contributed by atoms with Gasteiger partial charge in [-0.05, 0) is 17.7 Å². The zero-order valence-electron chi connectivity index (χ0n) is 12.4. The fourth-order valence-electron chi connectivity index (χ4n) is 1.84. The second-order valence-electron chi connectivity index (χ2n) is 5.08. The van der Waals surface area contributed by atoms with Crippen LogP contribution in [0, 0.1) is 5.92 Å². The molecule has 128 valence electrons. The minimum absolute atomic E-state index is 0.0480. The molecule has 2 amide bonds. The molecule has 0 saturated heterocycles. The topological polar surface area (TPSA) is 69.6 Å². The van der Waals surface area contributed by atoms with E-state index in [4.69, 9.17) is 5.11 Å². The van der Waals surface area contributed by atoms with Gasteiger partial charge in [0.25, 0.3) is 0 Å². The number of amides is 2. The lowest BCUT2D eigenvalue weighted by atomic mass is 10.1. The summed E-state index contributed by atoms with van der Waals surface area (Å²) in [6.07, 6.45) is -4.53. The molecular formula is C14H16BrF3N2O3. The Morgan fingerprint density at radius 3 is 2.52 bits per heavy atom. The van der Waals surface area contributed by atoms with Crippen molar-refractivity contribution in [3.05, 3.63) is 33.8 Å². The van der Waals surface area contributed by atoms with Crippen LogP contribution in [0.25, 0.3) is 0 Å². The highest BCUT2D eigenvalue weighted by Gasteiger charge is 2.33. The number of nitrogens with zero attached hydrogens (tertiary/aromatic N) is 1. The van der Waals surface area contributed by atoms with Crippen molar-refractivity contribution < 1.29 is 27.9 Å². The molecule has 1 unspecified atom stereocenters. The summed E-state index contributed by atoms with van der Waals surface area (Å²) in [6.45, 7) is 1.07. The van der Waals surface area contributed by atoms with E-state index in [2.05, 4.69) is 21.2 Å². The van der Waals surface area contributed by atoms with Crippen molar-refractivity contribution in [2.75, 3.05) is 13.6 Å². The zero-order chi connectivity index (χ0) is 17.8. The standard InChI is InChI=1S/C14H16BrF3N2O3/c1-8(12(21)22)7-20(2)13(23)19-6-9-3-4-10(15)5-11(9)14(16,17)18/h3-5,8H,6-7H2,1-2H3,(H,19,23)(H,21,22). The lowest BCUT2D eigenvalue weighted by molar-refractivity contribution is -0.141. The number of halogens is 4. The maximum Gasteiger partial charge on any atom is 0.416 e. The van der Waals surface area contributed by atoms with Gasteiger partial charge in [0.1, 0.15) is 0 Å². The maximum atomic E-state index is 13.0. The van der Waals surface area contributed by atoms with Crippen LogP contribution in [0.1, 0.15) is 18.1 Å². The molecule has 0 spiro atoms. The van der Waals surface area contributed by atoms with Crippen LogP contribution in [0.5, 0.6) is 0 Å². The number of benzene rings is 1. The summed E-state index contributed by atoms with van der Waals surface area (Å²) >= 11 is 2.98. The number of alkyl halides is 3. The van der Waals surface area contributed by atoms with E-state index in [1.165, 1.54) is 26.1 Å². The molecule has 1 rings (SSSR count). The molecule has 1 aromatic carbocycles. The third-order valence-corrected chi connectivity index (χ3v) is 3.62. The average Bonchev–Trinajstić information content (AvgIpc) is 2.44. The number of urea groups is 1. The Kier molecular flexibility index (Phi) is 6.43. The predicted molar refractivity (Wildman–Crippen MR) is 80.8 cm³/mol. The lowest BCUT2D eigenvalue weighted by Gasteiger charge is -2.21. The minimum atomic E-state index is -4.53. The molecule has 0 heterocycles. The van der Waals surface area contributed by atoms with Crippen LogP contribution >= 0.6 is 15.9 Å². The first kappa shape index (κ1) is 19.3. The summed E-state index contributed by atoms with van der Waals surface area (Å²) in [5, 5.41) is 11.1. The van der Waals surface area contributed by atoms with Crippen LogP contribution in [0.3, 0.4) is 0 Å². The zero-order valence-corrected chi connectivity index (χ0v) is 14.0. The number of nitrogens with one attached hydrogen (secondary N) is 1. The number of carboxylic acids is 1. The van der Waals surface area contributed by atoms with Gasteiger partial charge < -0.3 is 15.3 Å². The smallest absolute Gasteiger partial charge is 0.416 e. The number of rotatable bonds is 5. The van der Waals surface area contributed by atoms with Gasteiger partial charge in [-0.1, -0.05) is 28.9 Å². The van der Waals surface area contributed by atoms with Gasteiger partial charge in [-0.15, -0.1) is 0 Å². The number of carbonyl (C=O) groups excluding carboxylic acids is 1. The Morgan fingerprint density at radius 2 is 2.00 bits per heavy atom. The molecule has 0 fully saturated rings. The monoisotopic (exact) mass is 396 g/mol. The Bertz CT molecular complexity index is 593. The van der Waals surface area contributed by atoms with Crippen molar-refractivity contribution in [3.8, 4) is 0 Å². The van der Waals surface area contributed by atoms with E-state index in [1.54, 1.807) is 0 Å². The predicted octanol–water partition coefficient (Wildman–Crippen LogP) is 3.33. The maximum absolute atomic E-state index is 13.0. The lowest BCUT2D eigenvalue weighted by Crippen LogP contribution is -2.40. The summed E-state index contributed by atoms with van der Waals surface area (Å²) in [6, 6.07) is 3.02. The number of carboxylic acid groups (broad SMARTS) is 1. The van der Waals surface area contributed by atoms with Gasteiger partial charge in [0.05, 0.1) is 11.5 Å². The first-order valence-corrected chi connectivity index (χ1v) is 7.39. The van der Waals surface area contributed by atoms with E-state index in [1.807, 2.05) is 0 Å². The summed E-state index contributed by atoms with van der Waals surface area (Å²) in [5.41, 5.74) is -0.914. The molecule has 0 radical (unpaired) electrons. The molecular weight excluding hydrogens is 381 g/mol. The second-order valence-corrected chi connectivity index (χ2v) is 5.99. The van der Waals surface area contributed by atoms with Crippen molar-refractivity contribution in [3.63, 3.8) is 0 Å². The molecule has 9 heteroatoms. The van der Waals surface area contributed by atoms with E-state index in [0.29, 0.717) is 0 Å². The van der Waals surface area contributed by atoms with Gasteiger partial charge in [-0.2, -0.15) is 13.2 Å². The van der Waals surface area contributed by atoms with E-state index in [-0.39, 0.29) is 23.1 Å². The fourth-order valence-corrected chi connectivity index (χ4v) is 2.21. The minimum Gasteiger partial charge on any atom is -0.481 e. The van der Waals surface area contributed by atoms with Gasteiger partial charge in [0, 0.05) is 24.6 Å². The van der Waals surface area contributed by atoms with E-state index in [9.17, 15) is 22.8 Å². The average molecular weight is 397 g/mol. The Hall–Kier alpha value is -1.77. The van der Waals surface area contributed by atoms with Crippen LogP contribution in [-0.2, 0) is 17.5 Å². The second kappa shape index (κ2) is 7.67. The third-order valence-electron chi connectivity index (χ3n) is 3.12. The quantitative estimate of drug-likeness (QED) is 0.801. The molecule has 0 aliphatic heterocycles. The van der Waals surface area contributed by atoms with Crippen LogP contribution in [0.15, 0.2) is 22.7 Å². The van der Waals surface area contributed by atoms with Crippen LogP contribution in [-0.4, -0.2) is 35.6 Å². The normalized spacial score (nSPS) is 12.6. The Labute approximate surface area is 139 Å². The van der Waals surface area contributed by atoms with E-state index < -0.39 is 29.7 Å². The molecule has 5 nitrogen and oxygen atoms in total. The fraction of sp³-hybridized carbons (Fsp3) is 0.429. The molecule has 0 aromatic heterocycles. The highest BCUT2D eigenvalue weighted by Crippen LogP contribution is 2.33. The molecule has 2 N–H and O–H groups in total. The summed E-state index contributed by atoms with van der Waals surface area (Å²) < 4.78 is 39.2. The summed E-state index contributed by atoms with van der Waals surface area (Å²) in [7, 11) is 1.38. The Morgan fingerprint density at radius 1 is 1.39 bits per heavy atom. The highest BCUT2D eigenvalue weighted by molar-refractivity contribution is 9.10. The van der Waals surface area contributed by atoms with Crippen molar-refractivity contribution in [1.29, 1.82) is 0 Å². The van der Waals surface area contributed by atoms with Crippen molar-refractivity contribution >= 4 is 27.9 Å². The number of hydrogen-bond acceptors (Lipinski definition) is 2. The van der Waals surface area contributed by atoms with Gasteiger partial charge in [-0.25, -0.2) is 4.79 Å². The van der Waals surface area contributed by atoms with Crippen LogP contribution < -0.4 is 5.32 Å². The van der Waals surface area contributed by atoms with Gasteiger partial charge in [-0.3, -0.25) is 4.79 Å². The summed E-state index contributed by atoms with van der Waals surface area (Å²) in [5.74, 6) is -1.83. The van der Waals surface area contributed by atoms with Crippen molar-refractivity contribution in [2.24, 2.45) is 5.92 Å². The van der Waals surface area contributed by atoms with Crippen molar-refractivity contribution in [1.82, 2.24) is 10.2 Å². The molecule has 0 saturated carbocycles. The number of hydrogen-bond donors (Lipinski definition) is 2. The number of carbonyl (C=O) groups is 2.